The lowest BCUT2D eigenvalue weighted by molar-refractivity contribution is 0.0932. The molecule has 164 valence electrons. The highest BCUT2D eigenvalue weighted by Gasteiger charge is 2.22. The molecule has 3 aromatic rings. The fourth-order valence-corrected chi connectivity index (χ4v) is 4.50. The quantitative estimate of drug-likeness (QED) is 0.449. The molecule has 0 aliphatic heterocycles. The number of carbonyl (C=O) groups is 1. The van der Waals surface area contributed by atoms with Crippen molar-refractivity contribution in [2.75, 3.05) is 33.0 Å². The lowest BCUT2D eigenvalue weighted by Gasteiger charge is -2.23. The van der Waals surface area contributed by atoms with E-state index < -0.39 is 0 Å². The van der Waals surface area contributed by atoms with E-state index in [0.29, 0.717) is 39.5 Å². The Balaban J connectivity index is 1.80. The fourth-order valence-electron chi connectivity index (χ4n) is 3.09. The van der Waals surface area contributed by atoms with E-state index in [1.165, 1.54) is 11.3 Å². The highest BCUT2D eigenvalue weighted by atomic mass is 35.5. The molecule has 3 N–H and O–H groups in total. The van der Waals surface area contributed by atoms with Crippen molar-refractivity contribution < 1.29 is 9.90 Å². The van der Waals surface area contributed by atoms with Crippen molar-refractivity contribution in [3.05, 3.63) is 57.0 Å². The molecule has 0 fully saturated rings. The third kappa shape index (κ3) is 6.07. The number of hydrogen-bond donors (Lipinski definition) is 3. The molecule has 1 unspecified atom stereocenters. The first kappa shape index (κ1) is 23.3. The minimum absolute atomic E-state index is 0.0877. The number of thiophene rings is 1. The number of anilines is 1. The number of amides is 1. The molecule has 0 aliphatic carbocycles. The summed E-state index contributed by atoms with van der Waals surface area (Å²) in [5, 5.41) is 17.4. The predicted molar refractivity (Wildman–Crippen MR) is 127 cm³/mol. The highest BCUT2D eigenvalue weighted by Crippen LogP contribution is 2.35. The molecule has 2 heterocycles. The molecule has 0 saturated carbocycles. The number of aromatic nitrogens is 2. The van der Waals surface area contributed by atoms with E-state index in [1.807, 2.05) is 25.1 Å². The average Bonchev–Trinajstić information content (AvgIpc) is 3.11. The molecule has 1 amide bonds. The van der Waals surface area contributed by atoms with Gasteiger partial charge in [0.2, 0.25) is 5.95 Å². The third-order valence-corrected chi connectivity index (χ3v) is 6.19. The van der Waals surface area contributed by atoms with Gasteiger partial charge in [0, 0.05) is 41.9 Å². The first-order chi connectivity index (χ1) is 14.8. The van der Waals surface area contributed by atoms with Crippen LogP contribution in [0.1, 0.15) is 15.2 Å². The maximum absolute atomic E-state index is 13.0. The van der Waals surface area contributed by atoms with Gasteiger partial charge < -0.3 is 20.6 Å². The van der Waals surface area contributed by atoms with Crippen LogP contribution in [0.25, 0.3) is 10.6 Å². The SMILES string of the molecule is CNc1nccc(-c2cc(O)c(C(=O)NC(Cc3ccc(Cl)cc3Cl)CN(C)C)s2)n1. The first-order valence-electron chi connectivity index (χ1n) is 9.50. The molecule has 2 aromatic heterocycles. The summed E-state index contributed by atoms with van der Waals surface area (Å²) in [6.45, 7) is 0.598. The molecule has 10 heteroatoms. The fraction of sp³-hybridized carbons (Fsp3) is 0.286. The van der Waals surface area contributed by atoms with Crippen LogP contribution in [0.2, 0.25) is 10.0 Å². The van der Waals surface area contributed by atoms with E-state index >= 15 is 0 Å². The summed E-state index contributed by atoms with van der Waals surface area (Å²) in [6.07, 6.45) is 2.14. The summed E-state index contributed by atoms with van der Waals surface area (Å²) in [5.74, 6) is 0.0195. The molecule has 0 bridgehead atoms. The van der Waals surface area contributed by atoms with Gasteiger partial charge in [0.25, 0.3) is 5.91 Å². The molecule has 3 rings (SSSR count). The Bertz CT molecular complexity index is 1070. The van der Waals surface area contributed by atoms with Crippen molar-refractivity contribution in [2.24, 2.45) is 0 Å². The number of rotatable bonds is 8. The van der Waals surface area contributed by atoms with Gasteiger partial charge in [-0.15, -0.1) is 11.3 Å². The summed E-state index contributed by atoms with van der Waals surface area (Å²) in [5.41, 5.74) is 1.51. The molecule has 0 saturated heterocycles. The van der Waals surface area contributed by atoms with Crippen molar-refractivity contribution in [2.45, 2.75) is 12.5 Å². The monoisotopic (exact) mass is 479 g/mol. The molecule has 0 radical (unpaired) electrons. The zero-order valence-corrected chi connectivity index (χ0v) is 19.6. The van der Waals surface area contributed by atoms with Crippen LogP contribution in [0, 0.1) is 0 Å². The largest absolute Gasteiger partial charge is 0.506 e. The van der Waals surface area contributed by atoms with Crippen molar-refractivity contribution in [1.82, 2.24) is 20.2 Å². The van der Waals surface area contributed by atoms with Crippen LogP contribution in [-0.4, -0.2) is 59.6 Å². The van der Waals surface area contributed by atoms with Crippen LogP contribution >= 0.6 is 34.5 Å². The predicted octanol–water partition coefficient (Wildman–Crippen LogP) is 4.16. The number of nitrogens with zero attached hydrogens (tertiary/aromatic N) is 3. The summed E-state index contributed by atoms with van der Waals surface area (Å²) in [7, 11) is 5.58. The van der Waals surface area contributed by atoms with E-state index in [0.717, 1.165) is 5.56 Å². The number of likely N-dealkylation sites (N-methyl/N-ethyl adjacent to an activating group) is 1. The molecule has 1 atom stereocenters. The van der Waals surface area contributed by atoms with Gasteiger partial charge in [0.1, 0.15) is 10.6 Å². The number of carbonyl (C=O) groups excluding carboxylic acids is 1. The molecule has 0 aliphatic rings. The summed E-state index contributed by atoms with van der Waals surface area (Å²) < 4.78 is 0. The minimum atomic E-state index is -0.353. The first-order valence-corrected chi connectivity index (χ1v) is 11.1. The number of aromatic hydroxyl groups is 1. The van der Waals surface area contributed by atoms with Gasteiger partial charge in [0.05, 0.1) is 10.6 Å². The average molecular weight is 480 g/mol. The Morgan fingerprint density at radius 1 is 1.26 bits per heavy atom. The standard InChI is InChI=1S/C21H23Cl2N5O2S/c1-24-21-25-7-6-16(27-21)18-10-17(29)19(31-18)20(30)26-14(11-28(2)3)8-12-4-5-13(22)9-15(12)23/h4-7,9-10,14,29H,8,11H2,1-3H3,(H,26,30)(H,24,25,27). The molecule has 7 nitrogen and oxygen atoms in total. The summed E-state index contributed by atoms with van der Waals surface area (Å²) in [4.78, 5) is 24.3. The Kier molecular flexibility index (Phi) is 7.72. The lowest BCUT2D eigenvalue weighted by atomic mass is 10.1. The summed E-state index contributed by atoms with van der Waals surface area (Å²) in [6, 6.07) is 8.36. The maximum Gasteiger partial charge on any atom is 0.265 e. The lowest BCUT2D eigenvalue weighted by Crippen LogP contribution is -2.43. The second kappa shape index (κ2) is 10.3. The van der Waals surface area contributed by atoms with Crippen LogP contribution in [0.15, 0.2) is 36.5 Å². The molecule has 31 heavy (non-hydrogen) atoms. The van der Waals surface area contributed by atoms with Gasteiger partial charge in [-0.25, -0.2) is 9.97 Å². The van der Waals surface area contributed by atoms with Crippen molar-refractivity contribution in [3.63, 3.8) is 0 Å². The summed E-state index contributed by atoms with van der Waals surface area (Å²) >= 11 is 13.5. The molecule has 0 spiro atoms. The Morgan fingerprint density at radius 3 is 2.71 bits per heavy atom. The maximum atomic E-state index is 13.0. The van der Waals surface area contributed by atoms with Crippen LogP contribution in [-0.2, 0) is 6.42 Å². The normalized spacial score (nSPS) is 12.1. The van der Waals surface area contributed by atoms with Gasteiger partial charge in [-0.2, -0.15) is 0 Å². The van der Waals surface area contributed by atoms with Crippen LogP contribution in [0.4, 0.5) is 5.95 Å². The minimum Gasteiger partial charge on any atom is -0.506 e. The highest BCUT2D eigenvalue weighted by molar-refractivity contribution is 7.17. The zero-order valence-electron chi connectivity index (χ0n) is 17.3. The Hall–Kier alpha value is -2.39. The van der Waals surface area contributed by atoms with E-state index in [-0.39, 0.29) is 22.6 Å². The van der Waals surface area contributed by atoms with Crippen LogP contribution in [0.5, 0.6) is 5.75 Å². The zero-order chi connectivity index (χ0) is 22.5. The Morgan fingerprint density at radius 2 is 2.03 bits per heavy atom. The van der Waals surface area contributed by atoms with E-state index in [9.17, 15) is 9.90 Å². The number of nitrogens with one attached hydrogen (secondary N) is 2. The molecular formula is C21H23Cl2N5O2S. The third-order valence-electron chi connectivity index (χ3n) is 4.45. The van der Waals surface area contributed by atoms with Crippen molar-refractivity contribution in [3.8, 4) is 16.3 Å². The van der Waals surface area contributed by atoms with E-state index in [4.69, 9.17) is 23.2 Å². The van der Waals surface area contributed by atoms with Crippen LogP contribution in [0.3, 0.4) is 0 Å². The van der Waals surface area contributed by atoms with Gasteiger partial charge in [-0.1, -0.05) is 29.3 Å². The molecular weight excluding hydrogens is 457 g/mol. The van der Waals surface area contributed by atoms with Gasteiger partial charge in [0.15, 0.2) is 0 Å². The second-order valence-corrected chi connectivity index (χ2v) is 9.11. The van der Waals surface area contributed by atoms with E-state index in [1.54, 1.807) is 37.5 Å². The van der Waals surface area contributed by atoms with Crippen LogP contribution < -0.4 is 10.6 Å². The van der Waals surface area contributed by atoms with Crippen molar-refractivity contribution in [1.29, 1.82) is 0 Å². The topological polar surface area (TPSA) is 90.4 Å². The number of hydrogen-bond acceptors (Lipinski definition) is 7. The number of benzene rings is 1. The number of halogens is 2. The molecule has 1 aromatic carbocycles. The second-order valence-electron chi connectivity index (χ2n) is 7.21. The van der Waals surface area contributed by atoms with Crippen molar-refractivity contribution >= 4 is 46.4 Å². The van der Waals surface area contributed by atoms with Gasteiger partial charge in [-0.05, 0) is 44.3 Å². The van der Waals surface area contributed by atoms with Gasteiger partial charge >= 0.3 is 0 Å². The van der Waals surface area contributed by atoms with E-state index in [2.05, 4.69) is 20.6 Å². The Labute approximate surface area is 195 Å². The smallest absolute Gasteiger partial charge is 0.265 e. The van der Waals surface area contributed by atoms with Gasteiger partial charge in [-0.3, -0.25) is 4.79 Å².